The van der Waals surface area contributed by atoms with Crippen LogP contribution in [-0.2, 0) is 25.6 Å². The summed E-state index contributed by atoms with van der Waals surface area (Å²) in [7, 11) is 0. The third-order valence-electron chi connectivity index (χ3n) is 2.33. The number of hydrogen-bond donors (Lipinski definition) is 2. The van der Waals surface area contributed by atoms with Gasteiger partial charge in [0.25, 0.3) is 0 Å². The van der Waals surface area contributed by atoms with Crippen molar-refractivity contribution in [2.75, 3.05) is 0 Å². The van der Waals surface area contributed by atoms with Gasteiger partial charge >= 0.3 is 12.4 Å². The molecule has 0 bridgehead atoms. The first-order chi connectivity index (χ1) is 8.12. The molecule has 0 unspecified atom stereocenters. The lowest BCUT2D eigenvalue weighted by Crippen LogP contribution is -2.20. The molecule has 0 radical (unpaired) electrons. The number of aliphatic hydroxyl groups is 2. The van der Waals surface area contributed by atoms with Crippen molar-refractivity contribution in [1.29, 1.82) is 0 Å². The van der Waals surface area contributed by atoms with Gasteiger partial charge in [0.05, 0.1) is 24.3 Å². The highest BCUT2D eigenvalue weighted by Crippen LogP contribution is 2.43. The van der Waals surface area contributed by atoms with Gasteiger partial charge in [0.1, 0.15) is 0 Å². The van der Waals surface area contributed by atoms with Gasteiger partial charge in [-0.1, -0.05) is 6.07 Å². The first kappa shape index (κ1) is 14.8. The molecule has 1 aromatic carbocycles. The molecule has 0 spiro atoms. The summed E-state index contributed by atoms with van der Waals surface area (Å²) < 4.78 is 75.4. The molecular weight excluding hydrogens is 266 g/mol. The van der Waals surface area contributed by atoms with Crippen LogP contribution >= 0.6 is 0 Å². The van der Waals surface area contributed by atoms with Crippen molar-refractivity contribution in [2.45, 2.75) is 25.6 Å². The summed E-state index contributed by atoms with van der Waals surface area (Å²) in [5.41, 5.74) is -5.18. The quantitative estimate of drug-likeness (QED) is 0.814. The number of rotatable bonds is 2. The highest BCUT2D eigenvalue weighted by molar-refractivity contribution is 5.44. The fourth-order valence-electron chi connectivity index (χ4n) is 1.58. The van der Waals surface area contributed by atoms with Crippen molar-refractivity contribution in [2.24, 2.45) is 0 Å². The number of hydrogen-bond acceptors (Lipinski definition) is 2. The Kier molecular flexibility index (Phi) is 3.92. The molecule has 0 amide bonds. The summed E-state index contributed by atoms with van der Waals surface area (Å²) in [6.45, 7) is -2.13. The van der Waals surface area contributed by atoms with Gasteiger partial charge < -0.3 is 10.2 Å². The Bertz CT molecular complexity index is 435. The lowest BCUT2D eigenvalue weighted by Gasteiger charge is -2.20. The molecule has 1 rings (SSSR count). The molecule has 8 heteroatoms. The number of halogens is 6. The average Bonchev–Trinajstić information content (AvgIpc) is 2.24. The zero-order chi connectivity index (χ0) is 14.1. The van der Waals surface area contributed by atoms with Crippen LogP contribution in [0.4, 0.5) is 26.3 Å². The predicted molar refractivity (Wildman–Crippen MR) is 48.3 cm³/mol. The third kappa shape index (κ3) is 2.75. The number of alkyl halides is 6. The van der Waals surface area contributed by atoms with Crippen LogP contribution in [0.3, 0.4) is 0 Å². The van der Waals surface area contributed by atoms with E-state index >= 15 is 0 Å². The second-order valence-corrected chi connectivity index (χ2v) is 3.44. The molecule has 0 saturated carbocycles. The second kappa shape index (κ2) is 4.77. The topological polar surface area (TPSA) is 40.5 Å². The van der Waals surface area contributed by atoms with Crippen molar-refractivity contribution in [3.8, 4) is 0 Å². The molecule has 0 saturated heterocycles. The van der Waals surface area contributed by atoms with E-state index in [1.165, 1.54) is 0 Å². The van der Waals surface area contributed by atoms with E-state index in [1.807, 2.05) is 0 Å². The first-order valence-corrected chi connectivity index (χ1v) is 4.63. The molecule has 1 aromatic rings. The van der Waals surface area contributed by atoms with E-state index in [-0.39, 0.29) is 6.07 Å². The van der Waals surface area contributed by atoms with E-state index in [0.29, 0.717) is 6.07 Å². The van der Waals surface area contributed by atoms with Gasteiger partial charge in [-0.05, 0) is 17.2 Å². The minimum absolute atomic E-state index is 0.244. The standard InChI is InChI=1S/C10H8F6O2/c11-9(12,13)7-2-1-5(3-17)6(4-18)8(7)10(14,15)16/h1-2,17-18H,3-4H2. The minimum Gasteiger partial charge on any atom is -0.392 e. The molecule has 0 aliphatic heterocycles. The molecule has 0 atom stereocenters. The van der Waals surface area contributed by atoms with Gasteiger partial charge in [-0.15, -0.1) is 0 Å². The Morgan fingerprint density at radius 1 is 0.833 bits per heavy atom. The molecule has 0 heterocycles. The Labute approximate surface area is 97.5 Å². The van der Waals surface area contributed by atoms with E-state index in [1.54, 1.807) is 0 Å². The van der Waals surface area contributed by atoms with Gasteiger partial charge in [-0.25, -0.2) is 0 Å². The fourth-order valence-corrected chi connectivity index (χ4v) is 1.58. The van der Waals surface area contributed by atoms with Crippen molar-refractivity contribution in [3.63, 3.8) is 0 Å². The van der Waals surface area contributed by atoms with Crippen LogP contribution in [0.5, 0.6) is 0 Å². The second-order valence-electron chi connectivity index (χ2n) is 3.44. The third-order valence-corrected chi connectivity index (χ3v) is 2.33. The highest BCUT2D eigenvalue weighted by atomic mass is 19.4. The summed E-state index contributed by atoms with van der Waals surface area (Å²) >= 11 is 0. The lowest BCUT2D eigenvalue weighted by atomic mass is 9.95. The van der Waals surface area contributed by atoms with E-state index in [2.05, 4.69) is 0 Å². The normalized spacial score (nSPS) is 12.9. The van der Waals surface area contributed by atoms with Crippen molar-refractivity contribution >= 4 is 0 Å². The minimum atomic E-state index is -5.27. The Hall–Kier alpha value is -1.28. The summed E-state index contributed by atoms with van der Waals surface area (Å²) in [5, 5.41) is 17.6. The molecular formula is C10H8F6O2. The molecule has 0 aliphatic carbocycles. The van der Waals surface area contributed by atoms with Crippen LogP contribution in [0.2, 0.25) is 0 Å². The summed E-state index contributed by atoms with van der Waals surface area (Å²) in [5.74, 6) is 0. The number of aliphatic hydroxyl groups excluding tert-OH is 2. The monoisotopic (exact) mass is 274 g/mol. The molecule has 102 valence electrons. The maximum absolute atomic E-state index is 12.6. The van der Waals surface area contributed by atoms with Gasteiger partial charge in [0.15, 0.2) is 0 Å². The highest BCUT2D eigenvalue weighted by Gasteiger charge is 2.45. The predicted octanol–water partition coefficient (Wildman–Crippen LogP) is 2.71. The van der Waals surface area contributed by atoms with Gasteiger partial charge in [-0.2, -0.15) is 26.3 Å². The van der Waals surface area contributed by atoms with Crippen LogP contribution in [0.1, 0.15) is 22.3 Å². The number of benzene rings is 1. The van der Waals surface area contributed by atoms with Crippen LogP contribution in [0, 0.1) is 0 Å². The van der Waals surface area contributed by atoms with Crippen LogP contribution in [0.25, 0.3) is 0 Å². The maximum Gasteiger partial charge on any atom is 0.417 e. The summed E-state index contributed by atoms with van der Waals surface area (Å²) in [6.07, 6.45) is -10.5. The van der Waals surface area contributed by atoms with Crippen LogP contribution in [-0.4, -0.2) is 10.2 Å². The fraction of sp³-hybridized carbons (Fsp3) is 0.400. The smallest absolute Gasteiger partial charge is 0.392 e. The molecule has 2 nitrogen and oxygen atoms in total. The van der Waals surface area contributed by atoms with E-state index in [4.69, 9.17) is 10.2 Å². The van der Waals surface area contributed by atoms with E-state index < -0.39 is 47.8 Å². The van der Waals surface area contributed by atoms with Crippen molar-refractivity contribution in [1.82, 2.24) is 0 Å². The summed E-state index contributed by atoms with van der Waals surface area (Å²) in [6, 6.07) is 0.956. The lowest BCUT2D eigenvalue weighted by molar-refractivity contribution is -0.162. The van der Waals surface area contributed by atoms with Crippen LogP contribution in [0.15, 0.2) is 12.1 Å². The molecule has 18 heavy (non-hydrogen) atoms. The SMILES string of the molecule is OCc1ccc(C(F)(F)F)c(C(F)(F)F)c1CO. The average molecular weight is 274 g/mol. The zero-order valence-electron chi connectivity index (χ0n) is 8.73. The van der Waals surface area contributed by atoms with Gasteiger partial charge in [0, 0.05) is 0 Å². The Morgan fingerprint density at radius 3 is 1.72 bits per heavy atom. The largest absolute Gasteiger partial charge is 0.417 e. The molecule has 0 fully saturated rings. The summed E-state index contributed by atoms with van der Waals surface area (Å²) in [4.78, 5) is 0. The Balaban J connectivity index is 3.66. The van der Waals surface area contributed by atoms with Crippen molar-refractivity contribution < 1.29 is 36.6 Å². The first-order valence-electron chi connectivity index (χ1n) is 4.63. The van der Waals surface area contributed by atoms with Crippen molar-refractivity contribution in [3.05, 3.63) is 34.4 Å². The maximum atomic E-state index is 12.6. The van der Waals surface area contributed by atoms with Gasteiger partial charge in [0.2, 0.25) is 0 Å². The van der Waals surface area contributed by atoms with Gasteiger partial charge in [-0.3, -0.25) is 0 Å². The molecule has 2 N–H and O–H groups in total. The van der Waals surface area contributed by atoms with E-state index in [0.717, 1.165) is 0 Å². The molecule has 0 aromatic heterocycles. The zero-order valence-corrected chi connectivity index (χ0v) is 8.73. The molecule has 0 aliphatic rings. The van der Waals surface area contributed by atoms with E-state index in [9.17, 15) is 26.3 Å². The Morgan fingerprint density at radius 2 is 1.39 bits per heavy atom. The van der Waals surface area contributed by atoms with Crippen LogP contribution < -0.4 is 0 Å².